The molecule has 1 aliphatic rings. The summed E-state index contributed by atoms with van der Waals surface area (Å²) < 4.78 is 52.5. The molecule has 1 aromatic heterocycles. The van der Waals surface area contributed by atoms with E-state index in [0.717, 1.165) is 6.07 Å². The molecule has 2 aromatic rings. The lowest BCUT2D eigenvalue weighted by atomic mass is 9.80. The zero-order chi connectivity index (χ0) is 20.0. The molecule has 3 rings (SSSR count). The van der Waals surface area contributed by atoms with Crippen LogP contribution in [0, 0.1) is 0 Å². The van der Waals surface area contributed by atoms with Crippen LogP contribution in [-0.2, 0) is 22.0 Å². The molecule has 0 N–H and O–H groups in total. The second-order valence-electron chi connectivity index (χ2n) is 7.67. The molecular weight excluding hydrogens is 358 g/mol. The summed E-state index contributed by atoms with van der Waals surface area (Å²) in [4.78, 5) is 12.5. The van der Waals surface area contributed by atoms with Gasteiger partial charge in [-0.25, -0.2) is 0 Å². The van der Waals surface area contributed by atoms with Crippen LogP contribution in [0.4, 0.5) is 13.2 Å². The first kappa shape index (κ1) is 19.7. The van der Waals surface area contributed by atoms with Crippen LogP contribution in [0.3, 0.4) is 0 Å². The molecule has 2 heterocycles. The van der Waals surface area contributed by atoms with E-state index in [0.29, 0.717) is 5.46 Å². The van der Waals surface area contributed by atoms with Crippen LogP contribution < -0.4 is 11.0 Å². The van der Waals surface area contributed by atoms with Crippen molar-refractivity contribution in [1.29, 1.82) is 0 Å². The van der Waals surface area contributed by atoms with Crippen LogP contribution in [0.25, 0.3) is 0 Å². The predicted octanol–water partition coefficient (Wildman–Crippen LogP) is 3.21. The normalized spacial score (nSPS) is 18.7. The minimum Gasteiger partial charge on any atom is -0.399 e. The minimum absolute atomic E-state index is 0.0375. The lowest BCUT2D eigenvalue weighted by Gasteiger charge is -2.32. The van der Waals surface area contributed by atoms with Gasteiger partial charge in [-0.3, -0.25) is 4.79 Å². The van der Waals surface area contributed by atoms with Crippen molar-refractivity contribution in [1.82, 2.24) is 4.57 Å². The van der Waals surface area contributed by atoms with Gasteiger partial charge in [0.1, 0.15) is 0 Å². The van der Waals surface area contributed by atoms with Crippen molar-refractivity contribution in [3.05, 3.63) is 64.1 Å². The van der Waals surface area contributed by atoms with Crippen molar-refractivity contribution in [2.75, 3.05) is 0 Å². The van der Waals surface area contributed by atoms with Gasteiger partial charge >= 0.3 is 13.3 Å². The first-order chi connectivity index (χ1) is 12.4. The summed E-state index contributed by atoms with van der Waals surface area (Å²) in [6.07, 6.45) is -3.00. The number of rotatable bonds is 3. The first-order valence-electron chi connectivity index (χ1n) is 8.62. The van der Waals surface area contributed by atoms with Gasteiger partial charge in [0.15, 0.2) is 0 Å². The summed E-state index contributed by atoms with van der Waals surface area (Å²) in [7, 11) is -0.695. The molecule has 4 nitrogen and oxygen atoms in total. The van der Waals surface area contributed by atoms with Crippen molar-refractivity contribution < 1.29 is 22.5 Å². The van der Waals surface area contributed by atoms with Gasteiger partial charge in [-0.05, 0) is 50.9 Å². The van der Waals surface area contributed by atoms with E-state index in [9.17, 15) is 18.0 Å². The molecule has 0 unspecified atom stereocenters. The highest BCUT2D eigenvalue weighted by Gasteiger charge is 2.51. The number of aromatic nitrogens is 1. The number of hydrogen-bond acceptors (Lipinski definition) is 3. The molecule has 144 valence electrons. The molecule has 27 heavy (non-hydrogen) atoms. The van der Waals surface area contributed by atoms with Gasteiger partial charge < -0.3 is 13.9 Å². The van der Waals surface area contributed by atoms with Gasteiger partial charge in [-0.2, -0.15) is 13.2 Å². The monoisotopic (exact) mass is 379 g/mol. The number of hydrogen-bond donors (Lipinski definition) is 0. The van der Waals surface area contributed by atoms with Crippen LogP contribution in [0.5, 0.6) is 0 Å². The molecule has 0 aliphatic carbocycles. The molecule has 0 atom stereocenters. The number of alkyl halides is 3. The highest BCUT2D eigenvalue weighted by Crippen LogP contribution is 2.36. The smallest absolute Gasteiger partial charge is 0.399 e. The van der Waals surface area contributed by atoms with E-state index in [-0.39, 0.29) is 12.1 Å². The number of pyridine rings is 1. The minimum atomic E-state index is -4.47. The second-order valence-corrected chi connectivity index (χ2v) is 7.67. The summed E-state index contributed by atoms with van der Waals surface area (Å²) in [6.45, 7) is 7.45. The van der Waals surface area contributed by atoms with Crippen molar-refractivity contribution in [3.63, 3.8) is 0 Å². The van der Waals surface area contributed by atoms with E-state index >= 15 is 0 Å². The van der Waals surface area contributed by atoms with E-state index in [2.05, 4.69) is 0 Å². The highest BCUT2D eigenvalue weighted by molar-refractivity contribution is 6.62. The molecular formula is C19H21BF3NO3. The molecule has 1 aliphatic heterocycles. The van der Waals surface area contributed by atoms with E-state index in [4.69, 9.17) is 9.31 Å². The summed E-state index contributed by atoms with van der Waals surface area (Å²) in [6, 6.07) is 8.22. The fourth-order valence-electron chi connectivity index (χ4n) is 2.90. The lowest BCUT2D eigenvalue weighted by Crippen LogP contribution is -2.41. The molecule has 0 amide bonds. The topological polar surface area (TPSA) is 40.5 Å². The third-order valence-electron chi connectivity index (χ3n) is 5.21. The van der Waals surface area contributed by atoms with Gasteiger partial charge in [0.25, 0.3) is 0 Å². The number of nitrogens with zero attached hydrogens (tertiary/aromatic N) is 1. The zero-order valence-electron chi connectivity index (χ0n) is 15.6. The van der Waals surface area contributed by atoms with Gasteiger partial charge in [0.05, 0.1) is 23.3 Å². The molecule has 0 saturated carbocycles. The van der Waals surface area contributed by atoms with E-state index in [1.54, 1.807) is 6.07 Å². The molecule has 1 aromatic carbocycles. The van der Waals surface area contributed by atoms with E-state index in [1.807, 2.05) is 27.7 Å². The van der Waals surface area contributed by atoms with Crippen molar-refractivity contribution >= 4 is 12.6 Å². The Morgan fingerprint density at radius 1 is 1.04 bits per heavy atom. The van der Waals surface area contributed by atoms with Crippen LogP contribution in [-0.4, -0.2) is 22.9 Å². The SMILES string of the molecule is CC1(C)OB(c2ccn(Cc3ccccc3C(F)(F)F)c(=O)c2)OC1(C)C. The molecule has 0 spiro atoms. The molecule has 1 saturated heterocycles. The maximum atomic E-state index is 13.1. The lowest BCUT2D eigenvalue weighted by molar-refractivity contribution is -0.138. The maximum Gasteiger partial charge on any atom is 0.495 e. The van der Waals surface area contributed by atoms with Gasteiger partial charge in [-0.1, -0.05) is 18.2 Å². The number of halogens is 3. The van der Waals surface area contributed by atoms with Crippen LogP contribution in [0.1, 0.15) is 38.8 Å². The van der Waals surface area contributed by atoms with E-state index < -0.39 is 35.6 Å². The molecule has 8 heteroatoms. The number of benzene rings is 1. The van der Waals surface area contributed by atoms with Crippen LogP contribution in [0.2, 0.25) is 0 Å². The van der Waals surface area contributed by atoms with Crippen molar-refractivity contribution in [2.24, 2.45) is 0 Å². The Kier molecular flexibility index (Phi) is 4.76. The third kappa shape index (κ3) is 3.82. The summed E-state index contributed by atoms with van der Waals surface area (Å²) in [5, 5.41) is 0. The maximum absolute atomic E-state index is 13.1. The van der Waals surface area contributed by atoms with Crippen LogP contribution >= 0.6 is 0 Å². The summed E-state index contributed by atoms with van der Waals surface area (Å²) in [5.41, 5.74) is -1.67. The Bertz CT molecular complexity index is 890. The standard InChI is InChI=1S/C19H21BF3NO3/c1-17(2)18(3,4)27-20(26-17)14-9-10-24(16(25)11-14)12-13-7-5-6-8-15(13)19(21,22)23/h5-11H,12H2,1-4H3. The Balaban J connectivity index is 1.87. The van der Waals surface area contributed by atoms with E-state index in [1.165, 1.54) is 35.0 Å². The Morgan fingerprint density at radius 3 is 2.19 bits per heavy atom. The fraction of sp³-hybridized carbons (Fsp3) is 0.421. The Labute approximate surface area is 156 Å². The van der Waals surface area contributed by atoms with Crippen LogP contribution in [0.15, 0.2) is 47.4 Å². The molecule has 0 radical (unpaired) electrons. The predicted molar refractivity (Wildman–Crippen MR) is 97.0 cm³/mol. The van der Waals surface area contributed by atoms with Gasteiger partial charge in [0.2, 0.25) is 5.56 Å². The fourth-order valence-corrected chi connectivity index (χ4v) is 2.90. The van der Waals surface area contributed by atoms with Crippen molar-refractivity contribution in [2.45, 2.75) is 51.6 Å². The average Bonchev–Trinajstić information content (AvgIpc) is 2.77. The average molecular weight is 379 g/mol. The quantitative estimate of drug-likeness (QED) is 0.770. The zero-order valence-corrected chi connectivity index (χ0v) is 15.6. The highest BCUT2D eigenvalue weighted by atomic mass is 19.4. The summed E-state index contributed by atoms with van der Waals surface area (Å²) >= 11 is 0. The Hall–Kier alpha value is -2.06. The van der Waals surface area contributed by atoms with Gasteiger partial charge in [0, 0.05) is 12.3 Å². The molecule has 1 fully saturated rings. The second kappa shape index (κ2) is 6.53. The molecule has 0 bridgehead atoms. The third-order valence-corrected chi connectivity index (χ3v) is 5.21. The first-order valence-corrected chi connectivity index (χ1v) is 8.62. The van der Waals surface area contributed by atoms with Crippen molar-refractivity contribution in [3.8, 4) is 0 Å². The largest absolute Gasteiger partial charge is 0.495 e. The summed E-state index contributed by atoms with van der Waals surface area (Å²) in [5.74, 6) is 0. The van der Waals surface area contributed by atoms with Gasteiger partial charge in [-0.15, -0.1) is 0 Å². The Morgan fingerprint density at radius 2 is 1.63 bits per heavy atom.